The number of H-pyrrole nitrogens is 1. The van der Waals surface area contributed by atoms with Gasteiger partial charge in [0.25, 0.3) is 0 Å². The summed E-state index contributed by atoms with van der Waals surface area (Å²) in [4.78, 5) is 4.23. The van der Waals surface area contributed by atoms with Crippen LogP contribution in [0.5, 0.6) is 6.01 Å². The number of aromatic amines is 1. The number of halogens is 2. The lowest BCUT2D eigenvalue weighted by molar-refractivity contribution is 0.286. The molecule has 0 aliphatic heterocycles. The highest BCUT2D eigenvalue weighted by molar-refractivity contribution is 6.36. The van der Waals surface area contributed by atoms with E-state index in [-0.39, 0.29) is 0 Å². The van der Waals surface area contributed by atoms with Crippen molar-refractivity contribution in [2.45, 2.75) is 19.8 Å². The topological polar surface area (TPSA) is 50.8 Å². The van der Waals surface area contributed by atoms with E-state index in [1.807, 2.05) is 0 Å². The SMILES string of the molecule is CCCCOc1n[nH]c(-c2ccc(Cl)cc2Cl)n1. The fourth-order valence-electron chi connectivity index (χ4n) is 1.42. The molecule has 2 aromatic rings. The first-order valence-electron chi connectivity index (χ1n) is 5.71. The van der Waals surface area contributed by atoms with Gasteiger partial charge in [-0.2, -0.15) is 4.98 Å². The third kappa shape index (κ3) is 3.15. The molecule has 0 amide bonds. The Hall–Kier alpha value is -1.26. The van der Waals surface area contributed by atoms with Gasteiger partial charge in [-0.15, -0.1) is 5.10 Å². The lowest BCUT2D eigenvalue weighted by Crippen LogP contribution is -1.97. The van der Waals surface area contributed by atoms with Gasteiger partial charge in [-0.25, -0.2) is 0 Å². The van der Waals surface area contributed by atoms with Crippen molar-refractivity contribution >= 4 is 23.2 Å². The van der Waals surface area contributed by atoms with Crippen molar-refractivity contribution in [3.63, 3.8) is 0 Å². The number of hydrogen-bond donors (Lipinski definition) is 1. The molecular weight excluding hydrogens is 273 g/mol. The molecule has 0 saturated heterocycles. The van der Waals surface area contributed by atoms with Gasteiger partial charge in [-0.05, 0) is 24.6 Å². The van der Waals surface area contributed by atoms with Crippen LogP contribution in [-0.2, 0) is 0 Å². The van der Waals surface area contributed by atoms with Gasteiger partial charge in [0.2, 0.25) is 0 Å². The third-order valence-electron chi connectivity index (χ3n) is 2.38. The average Bonchev–Trinajstić information content (AvgIpc) is 2.78. The van der Waals surface area contributed by atoms with E-state index in [4.69, 9.17) is 27.9 Å². The Kier molecular flexibility index (Phi) is 4.44. The number of benzene rings is 1. The summed E-state index contributed by atoms with van der Waals surface area (Å²) in [5.41, 5.74) is 0.749. The van der Waals surface area contributed by atoms with Crippen molar-refractivity contribution in [2.75, 3.05) is 6.61 Å². The van der Waals surface area contributed by atoms with Crippen LogP contribution in [0, 0.1) is 0 Å². The Morgan fingerprint density at radius 3 is 2.89 bits per heavy atom. The normalized spacial score (nSPS) is 10.6. The number of rotatable bonds is 5. The van der Waals surface area contributed by atoms with Crippen molar-refractivity contribution in [1.82, 2.24) is 15.2 Å². The van der Waals surface area contributed by atoms with Crippen molar-refractivity contribution < 1.29 is 4.74 Å². The van der Waals surface area contributed by atoms with Gasteiger partial charge >= 0.3 is 6.01 Å². The molecule has 0 radical (unpaired) electrons. The molecule has 18 heavy (non-hydrogen) atoms. The maximum atomic E-state index is 6.09. The molecule has 0 atom stereocenters. The first-order chi connectivity index (χ1) is 8.70. The molecule has 0 spiro atoms. The molecule has 1 heterocycles. The lowest BCUT2D eigenvalue weighted by atomic mass is 10.2. The van der Waals surface area contributed by atoms with E-state index in [0.717, 1.165) is 18.4 Å². The molecule has 4 nitrogen and oxygen atoms in total. The van der Waals surface area contributed by atoms with Crippen molar-refractivity contribution in [3.05, 3.63) is 28.2 Å². The molecule has 0 unspecified atom stereocenters. The minimum atomic E-state index is 0.337. The second-order valence-corrected chi connectivity index (χ2v) is 4.64. The average molecular weight is 286 g/mol. The van der Waals surface area contributed by atoms with Crippen LogP contribution in [0.15, 0.2) is 18.2 Å². The standard InChI is InChI=1S/C12H13Cl2N3O/c1-2-3-6-18-12-15-11(16-17-12)9-5-4-8(13)7-10(9)14/h4-5,7H,2-3,6H2,1H3,(H,15,16,17). The van der Waals surface area contributed by atoms with Crippen molar-refractivity contribution in [3.8, 4) is 17.4 Å². The van der Waals surface area contributed by atoms with Crippen LogP contribution in [0.2, 0.25) is 10.0 Å². The second kappa shape index (κ2) is 6.07. The molecule has 0 aliphatic rings. The first kappa shape index (κ1) is 13.2. The molecule has 0 saturated carbocycles. The van der Waals surface area contributed by atoms with E-state index in [9.17, 15) is 0 Å². The molecule has 96 valence electrons. The summed E-state index contributed by atoms with van der Waals surface area (Å²) < 4.78 is 5.39. The van der Waals surface area contributed by atoms with Crippen LogP contribution in [-0.4, -0.2) is 21.8 Å². The Morgan fingerprint density at radius 2 is 2.17 bits per heavy atom. The van der Waals surface area contributed by atoms with Crippen molar-refractivity contribution in [2.24, 2.45) is 0 Å². The molecule has 0 aliphatic carbocycles. The van der Waals surface area contributed by atoms with Gasteiger partial charge in [-0.3, -0.25) is 5.10 Å². The van der Waals surface area contributed by atoms with Crippen LogP contribution >= 0.6 is 23.2 Å². The van der Waals surface area contributed by atoms with Crippen LogP contribution in [0.1, 0.15) is 19.8 Å². The smallest absolute Gasteiger partial charge is 0.335 e. The largest absolute Gasteiger partial charge is 0.462 e. The summed E-state index contributed by atoms with van der Waals surface area (Å²) in [7, 11) is 0. The Morgan fingerprint density at radius 1 is 1.33 bits per heavy atom. The van der Waals surface area contributed by atoms with E-state index in [2.05, 4.69) is 22.1 Å². The van der Waals surface area contributed by atoms with Gasteiger partial charge in [0.1, 0.15) is 0 Å². The molecule has 1 aromatic carbocycles. The van der Waals surface area contributed by atoms with Gasteiger partial charge < -0.3 is 4.74 Å². The zero-order valence-corrected chi connectivity index (χ0v) is 11.4. The minimum Gasteiger partial charge on any atom is -0.462 e. The van der Waals surface area contributed by atoms with E-state index >= 15 is 0 Å². The second-order valence-electron chi connectivity index (χ2n) is 3.79. The summed E-state index contributed by atoms with van der Waals surface area (Å²) in [6.45, 7) is 2.71. The van der Waals surface area contributed by atoms with E-state index in [0.29, 0.717) is 28.5 Å². The Bertz CT molecular complexity index is 528. The molecule has 2 rings (SSSR count). The summed E-state index contributed by atoms with van der Waals surface area (Å²) >= 11 is 11.9. The molecule has 1 aromatic heterocycles. The number of aromatic nitrogens is 3. The van der Waals surface area contributed by atoms with Crippen molar-refractivity contribution in [1.29, 1.82) is 0 Å². The fourth-order valence-corrected chi connectivity index (χ4v) is 1.92. The predicted octanol–water partition coefficient (Wildman–Crippen LogP) is 3.96. The molecular formula is C12H13Cl2N3O. The van der Waals surface area contributed by atoms with Gasteiger partial charge in [0.15, 0.2) is 5.82 Å². The minimum absolute atomic E-state index is 0.337. The predicted molar refractivity (Wildman–Crippen MR) is 72.2 cm³/mol. The summed E-state index contributed by atoms with van der Waals surface area (Å²) in [5, 5.41) is 7.89. The Labute approximate surface area is 115 Å². The molecule has 0 fully saturated rings. The van der Waals surface area contributed by atoms with Gasteiger partial charge in [-0.1, -0.05) is 36.5 Å². The summed E-state index contributed by atoms with van der Waals surface area (Å²) in [6.07, 6.45) is 2.05. The van der Waals surface area contributed by atoms with Crippen LogP contribution in [0.25, 0.3) is 11.4 Å². The number of unbranched alkanes of at least 4 members (excludes halogenated alkanes) is 1. The fraction of sp³-hybridized carbons (Fsp3) is 0.333. The highest BCUT2D eigenvalue weighted by Crippen LogP contribution is 2.28. The molecule has 0 bridgehead atoms. The van der Waals surface area contributed by atoms with E-state index < -0.39 is 0 Å². The maximum Gasteiger partial charge on any atom is 0.335 e. The van der Waals surface area contributed by atoms with Crippen LogP contribution < -0.4 is 4.74 Å². The van der Waals surface area contributed by atoms with Crippen LogP contribution in [0.4, 0.5) is 0 Å². The van der Waals surface area contributed by atoms with Gasteiger partial charge in [0.05, 0.1) is 11.6 Å². The number of hydrogen-bond acceptors (Lipinski definition) is 3. The number of nitrogens with one attached hydrogen (secondary N) is 1. The number of ether oxygens (including phenoxy) is 1. The quantitative estimate of drug-likeness (QED) is 0.846. The summed E-state index contributed by atoms with van der Waals surface area (Å²) in [6, 6.07) is 5.55. The van der Waals surface area contributed by atoms with E-state index in [1.54, 1.807) is 18.2 Å². The summed E-state index contributed by atoms with van der Waals surface area (Å²) in [5.74, 6) is 0.572. The monoisotopic (exact) mass is 285 g/mol. The zero-order valence-electron chi connectivity index (χ0n) is 9.91. The highest BCUT2D eigenvalue weighted by atomic mass is 35.5. The highest BCUT2D eigenvalue weighted by Gasteiger charge is 2.10. The third-order valence-corrected chi connectivity index (χ3v) is 2.93. The molecule has 1 N–H and O–H groups in total. The van der Waals surface area contributed by atoms with E-state index in [1.165, 1.54) is 0 Å². The van der Waals surface area contributed by atoms with Gasteiger partial charge in [0, 0.05) is 10.6 Å². The Balaban J connectivity index is 2.13. The maximum absolute atomic E-state index is 6.09. The van der Waals surface area contributed by atoms with Crippen LogP contribution in [0.3, 0.4) is 0 Å². The number of nitrogens with zero attached hydrogens (tertiary/aromatic N) is 2. The zero-order chi connectivity index (χ0) is 13.0. The lowest BCUT2D eigenvalue weighted by Gasteiger charge is -2.00. The first-order valence-corrected chi connectivity index (χ1v) is 6.47. The molecule has 6 heteroatoms.